The van der Waals surface area contributed by atoms with Crippen LogP contribution < -0.4 is 21.1 Å². The van der Waals surface area contributed by atoms with E-state index in [1.165, 1.54) is 0 Å². The summed E-state index contributed by atoms with van der Waals surface area (Å²) in [6, 6.07) is 14.8. The van der Waals surface area contributed by atoms with Crippen molar-refractivity contribution in [2.45, 2.75) is 13.0 Å². The van der Waals surface area contributed by atoms with E-state index in [9.17, 15) is 4.79 Å². The Hall–Kier alpha value is -2.74. The molecule has 1 aliphatic heterocycles. The first kappa shape index (κ1) is 24.9. The first-order valence-electron chi connectivity index (χ1n) is 11.4. The topological polar surface area (TPSA) is 82.9 Å². The minimum atomic E-state index is -0.143. The number of benzene rings is 2. The average molecular weight is 472 g/mol. The smallest absolute Gasteiger partial charge is 0.317 e. The molecule has 0 aliphatic carbocycles. The minimum Gasteiger partial charge on any atom is -0.491 e. The molecule has 2 aromatic carbocycles. The lowest BCUT2D eigenvalue weighted by atomic mass is 10.2. The summed E-state index contributed by atoms with van der Waals surface area (Å²) in [6.45, 7) is 10.8. The van der Waals surface area contributed by atoms with E-state index in [-0.39, 0.29) is 6.03 Å². The number of hydrogen-bond donors (Lipinski definition) is 3. The standard InChI is InChI=1S/C25H34ClN5O2/c1-20(18-30-14-11-28-12-15-30)19-31(13-6-16-33-24-10-5-4-9-23(24)27)25(32)29-17-21-7-2-3-8-22(21)26/h2-5,7-10,28H,1,6,11-19,27H2,(H,29,32). The molecule has 3 rings (SSSR count). The van der Waals surface area contributed by atoms with Crippen molar-refractivity contribution in [3.63, 3.8) is 0 Å². The summed E-state index contributed by atoms with van der Waals surface area (Å²) in [5.74, 6) is 0.662. The highest BCUT2D eigenvalue weighted by atomic mass is 35.5. The molecule has 0 aromatic heterocycles. The first-order chi connectivity index (χ1) is 16.0. The van der Waals surface area contributed by atoms with Crippen molar-refractivity contribution in [1.29, 1.82) is 0 Å². The number of carbonyl (C=O) groups excluding carboxylic acids is 1. The number of anilines is 1. The van der Waals surface area contributed by atoms with Crippen LogP contribution in [-0.2, 0) is 6.54 Å². The zero-order valence-electron chi connectivity index (χ0n) is 19.1. The molecule has 0 bridgehead atoms. The van der Waals surface area contributed by atoms with Crippen molar-refractivity contribution < 1.29 is 9.53 Å². The molecule has 0 unspecified atom stereocenters. The fraction of sp³-hybridized carbons (Fsp3) is 0.400. The fourth-order valence-corrected chi connectivity index (χ4v) is 3.93. The lowest BCUT2D eigenvalue weighted by molar-refractivity contribution is 0.192. The number of amides is 2. The molecule has 1 saturated heterocycles. The van der Waals surface area contributed by atoms with Gasteiger partial charge < -0.3 is 26.0 Å². The number of rotatable bonds is 11. The number of urea groups is 1. The minimum absolute atomic E-state index is 0.143. The highest BCUT2D eigenvalue weighted by Gasteiger charge is 2.17. The maximum absolute atomic E-state index is 13.0. The van der Waals surface area contributed by atoms with Gasteiger partial charge in [-0.25, -0.2) is 4.79 Å². The molecular weight excluding hydrogens is 438 g/mol. The van der Waals surface area contributed by atoms with Gasteiger partial charge in [-0.3, -0.25) is 4.90 Å². The van der Waals surface area contributed by atoms with E-state index in [1.54, 1.807) is 4.90 Å². The van der Waals surface area contributed by atoms with Crippen LogP contribution in [-0.4, -0.2) is 68.3 Å². The number of nitrogens with two attached hydrogens (primary N) is 1. The Morgan fingerprint density at radius 3 is 2.67 bits per heavy atom. The van der Waals surface area contributed by atoms with Crippen LogP contribution in [0.25, 0.3) is 0 Å². The predicted octanol–water partition coefficient (Wildman–Crippen LogP) is 3.36. The van der Waals surface area contributed by atoms with Gasteiger partial charge in [-0.05, 0) is 35.8 Å². The van der Waals surface area contributed by atoms with E-state index in [4.69, 9.17) is 22.1 Å². The maximum atomic E-state index is 13.0. The van der Waals surface area contributed by atoms with Crippen molar-refractivity contribution in [2.75, 3.05) is 58.2 Å². The third-order valence-electron chi connectivity index (χ3n) is 5.50. The number of carbonyl (C=O) groups is 1. The van der Waals surface area contributed by atoms with Crippen LogP contribution in [0.15, 0.2) is 60.7 Å². The van der Waals surface area contributed by atoms with Gasteiger partial charge in [-0.1, -0.05) is 48.5 Å². The van der Waals surface area contributed by atoms with Gasteiger partial charge in [-0.2, -0.15) is 0 Å². The second-order valence-electron chi connectivity index (χ2n) is 8.19. The number of para-hydroxylation sites is 2. The Labute approximate surface area is 201 Å². The third-order valence-corrected chi connectivity index (χ3v) is 5.86. The molecule has 2 aromatic rings. The van der Waals surface area contributed by atoms with Crippen LogP contribution in [0.3, 0.4) is 0 Å². The van der Waals surface area contributed by atoms with Gasteiger partial charge in [0.15, 0.2) is 0 Å². The monoisotopic (exact) mass is 471 g/mol. The van der Waals surface area contributed by atoms with Gasteiger partial charge >= 0.3 is 6.03 Å². The lowest BCUT2D eigenvalue weighted by Crippen LogP contribution is -2.46. The lowest BCUT2D eigenvalue weighted by Gasteiger charge is -2.30. The third kappa shape index (κ3) is 8.28. The number of nitrogens with one attached hydrogen (secondary N) is 2. The van der Waals surface area contributed by atoms with Gasteiger partial charge in [0, 0.05) is 57.4 Å². The van der Waals surface area contributed by atoms with Crippen LogP contribution in [0, 0.1) is 0 Å². The van der Waals surface area contributed by atoms with E-state index in [2.05, 4.69) is 22.1 Å². The van der Waals surface area contributed by atoms with E-state index in [1.807, 2.05) is 48.5 Å². The van der Waals surface area contributed by atoms with E-state index < -0.39 is 0 Å². The molecule has 1 fully saturated rings. The molecule has 0 spiro atoms. The fourth-order valence-electron chi connectivity index (χ4n) is 3.73. The number of nitrogen functional groups attached to an aromatic ring is 1. The summed E-state index contributed by atoms with van der Waals surface area (Å²) in [6.07, 6.45) is 0.675. The van der Waals surface area contributed by atoms with E-state index in [0.717, 1.165) is 43.9 Å². The molecule has 178 valence electrons. The summed E-state index contributed by atoms with van der Waals surface area (Å²) < 4.78 is 5.80. The Morgan fingerprint density at radius 1 is 1.18 bits per heavy atom. The number of piperazine rings is 1. The molecule has 0 saturated carbocycles. The zero-order chi connectivity index (χ0) is 23.5. The Kier molecular flexibility index (Phi) is 9.87. The normalized spacial score (nSPS) is 14.0. The molecule has 0 radical (unpaired) electrons. The second kappa shape index (κ2) is 13.1. The van der Waals surface area contributed by atoms with Gasteiger partial charge in [0.1, 0.15) is 5.75 Å². The molecule has 8 heteroatoms. The quantitative estimate of drug-likeness (QED) is 0.266. The first-order valence-corrected chi connectivity index (χ1v) is 11.7. The van der Waals surface area contributed by atoms with Crippen molar-refractivity contribution in [3.8, 4) is 5.75 Å². The summed E-state index contributed by atoms with van der Waals surface area (Å²) in [5, 5.41) is 6.99. The molecule has 2 amide bonds. The van der Waals surface area contributed by atoms with Crippen LogP contribution in [0.1, 0.15) is 12.0 Å². The zero-order valence-corrected chi connectivity index (χ0v) is 19.8. The van der Waals surface area contributed by atoms with Gasteiger partial charge in [0.2, 0.25) is 0 Å². The Balaban J connectivity index is 1.54. The molecule has 1 aliphatic rings. The summed E-state index contributed by atoms with van der Waals surface area (Å²) in [4.78, 5) is 17.2. The van der Waals surface area contributed by atoms with Gasteiger partial charge in [-0.15, -0.1) is 0 Å². The molecular formula is C25H34ClN5O2. The molecule has 33 heavy (non-hydrogen) atoms. The maximum Gasteiger partial charge on any atom is 0.317 e. The largest absolute Gasteiger partial charge is 0.491 e. The van der Waals surface area contributed by atoms with Crippen molar-refractivity contribution in [3.05, 3.63) is 71.3 Å². The van der Waals surface area contributed by atoms with Crippen LogP contribution in [0.2, 0.25) is 5.02 Å². The van der Waals surface area contributed by atoms with Gasteiger partial charge in [0.05, 0.1) is 12.3 Å². The molecule has 4 N–H and O–H groups in total. The molecule has 1 heterocycles. The van der Waals surface area contributed by atoms with E-state index >= 15 is 0 Å². The highest BCUT2D eigenvalue weighted by Crippen LogP contribution is 2.20. The summed E-state index contributed by atoms with van der Waals surface area (Å²) >= 11 is 6.24. The SMILES string of the molecule is C=C(CN1CCNCC1)CN(CCCOc1ccccc1N)C(=O)NCc1ccccc1Cl. The summed E-state index contributed by atoms with van der Waals surface area (Å²) in [7, 11) is 0. The number of ether oxygens (including phenoxy) is 1. The van der Waals surface area contributed by atoms with Crippen molar-refractivity contribution in [2.24, 2.45) is 0 Å². The van der Waals surface area contributed by atoms with Crippen molar-refractivity contribution >= 4 is 23.3 Å². The van der Waals surface area contributed by atoms with Crippen LogP contribution in [0.5, 0.6) is 5.75 Å². The summed E-state index contributed by atoms with van der Waals surface area (Å²) in [5.41, 5.74) is 8.45. The number of hydrogen-bond acceptors (Lipinski definition) is 5. The number of nitrogens with zero attached hydrogens (tertiary/aromatic N) is 2. The highest BCUT2D eigenvalue weighted by molar-refractivity contribution is 6.31. The predicted molar refractivity (Wildman–Crippen MR) is 135 cm³/mol. The molecule has 0 atom stereocenters. The van der Waals surface area contributed by atoms with Gasteiger partial charge in [0.25, 0.3) is 0 Å². The molecule has 7 nitrogen and oxygen atoms in total. The van der Waals surface area contributed by atoms with Crippen LogP contribution in [0.4, 0.5) is 10.5 Å². The second-order valence-corrected chi connectivity index (χ2v) is 8.59. The Morgan fingerprint density at radius 2 is 1.91 bits per heavy atom. The average Bonchev–Trinajstić information content (AvgIpc) is 2.82. The van der Waals surface area contributed by atoms with Crippen molar-refractivity contribution in [1.82, 2.24) is 20.4 Å². The number of halogens is 1. The van der Waals surface area contributed by atoms with Crippen LogP contribution >= 0.6 is 11.6 Å². The van der Waals surface area contributed by atoms with E-state index in [0.29, 0.717) is 49.1 Å². The Bertz CT molecular complexity index is 917.